The lowest BCUT2D eigenvalue weighted by Gasteiger charge is -2.32. The van der Waals surface area contributed by atoms with Crippen molar-refractivity contribution in [2.75, 3.05) is 13.1 Å². The lowest BCUT2D eigenvalue weighted by molar-refractivity contribution is -0.132. The first kappa shape index (κ1) is 17.8. The zero-order valence-electron chi connectivity index (χ0n) is 15.2. The average Bonchev–Trinajstić information content (AvgIpc) is 3.24. The summed E-state index contributed by atoms with van der Waals surface area (Å²) in [5.74, 6) is 2.17. The number of hydrogen-bond donors (Lipinski definition) is 0. The maximum Gasteiger partial charge on any atom is 0.222 e. The number of aromatic nitrogens is 2. The van der Waals surface area contributed by atoms with Crippen LogP contribution in [-0.4, -0.2) is 34.1 Å². The SMILES string of the molecule is CC(C)Cc1nnc(C2CCCN(C(=O)CCC3CCCC3)C2)s1. The molecule has 5 heteroatoms. The zero-order chi connectivity index (χ0) is 16.9. The summed E-state index contributed by atoms with van der Waals surface area (Å²) in [6.07, 6.45) is 10.5. The highest BCUT2D eigenvalue weighted by molar-refractivity contribution is 7.11. The van der Waals surface area contributed by atoms with Crippen LogP contribution in [0.25, 0.3) is 0 Å². The molecule has 1 aromatic heterocycles. The molecule has 3 rings (SSSR count). The van der Waals surface area contributed by atoms with E-state index in [-0.39, 0.29) is 0 Å². The van der Waals surface area contributed by atoms with Crippen molar-refractivity contribution < 1.29 is 4.79 Å². The highest BCUT2D eigenvalue weighted by Crippen LogP contribution is 2.31. The van der Waals surface area contributed by atoms with E-state index in [1.807, 2.05) is 0 Å². The Morgan fingerprint density at radius 1 is 1.21 bits per heavy atom. The Hall–Kier alpha value is -0.970. The second kappa shape index (κ2) is 8.41. The van der Waals surface area contributed by atoms with Crippen molar-refractivity contribution in [1.82, 2.24) is 15.1 Å². The van der Waals surface area contributed by atoms with Crippen molar-refractivity contribution in [2.45, 2.75) is 77.6 Å². The molecule has 1 aromatic rings. The van der Waals surface area contributed by atoms with Gasteiger partial charge in [0.2, 0.25) is 5.91 Å². The molecule has 0 spiro atoms. The topological polar surface area (TPSA) is 46.1 Å². The van der Waals surface area contributed by atoms with E-state index in [2.05, 4.69) is 28.9 Å². The van der Waals surface area contributed by atoms with Gasteiger partial charge >= 0.3 is 0 Å². The van der Waals surface area contributed by atoms with Crippen LogP contribution in [0, 0.1) is 11.8 Å². The highest BCUT2D eigenvalue weighted by atomic mass is 32.1. The van der Waals surface area contributed by atoms with Crippen LogP contribution in [0.1, 0.15) is 81.1 Å². The lowest BCUT2D eigenvalue weighted by Crippen LogP contribution is -2.39. The summed E-state index contributed by atoms with van der Waals surface area (Å²) in [6, 6.07) is 0. The van der Waals surface area contributed by atoms with Gasteiger partial charge in [0.05, 0.1) is 0 Å². The van der Waals surface area contributed by atoms with Crippen LogP contribution in [0.5, 0.6) is 0 Å². The van der Waals surface area contributed by atoms with E-state index in [9.17, 15) is 4.79 Å². The zero-order valence-corrected chi connectivity index (χ0v) is 16.0. The van der Waals surface area contributed by atoms with Crippen LogP contribution in [0.3, 0.4) is 0 Å². The van der Waals surface area contributed by atoms with Crippen LogP contribution in [-0.2, 0) is 11.2 Å². The Kier molecular flexibility index (Phi) is 6.25. The second-order valence-corrected chi connectivity index (χ2v) is 9.09. The van der Waals surface area contributed by atoms with Gasteiger partial charge in [-0.05, 0) is 31.1 Å². The number of rotatable bonds is 6. The Balaban J connectivity index is 1.51. The van der Waals surface area contributed by atoms with E-state index in [1.165, 1.54) is 25.7 Å². The fourth-order valence-electron chi connectivity index (χ4n) is 4.05. The summed E-state index contributed by atoms with van der Waals surface area (Å²) in [4.78, 5) is 14.7. The van der Waals surface area contributed by atoms with Gasteiger partial charge in [-0.3, -0.25) is 4.79 Å². The van der Waals surface area contributed by atoms with Gasteiger partial charge in [0.25, 0.3) is 0 Å². The fourth-order valence-corrected chi connectivity index (χ4v) is 5.23. The van der Waals surface area contributed by atoms with Gasteiger partial charge < -0.3 is 4.90 Å². The normalized spacial score (nSPS) is 22.5. The largest absolute Gasteiger partial charge is 0.342 e. The molecule has 0 radical (unpaired) electrons. The highest BCUT2D eigenvalue weighted by Gasteiger charge is 2.27. The molecule has 1 saturated carbocycles. The number of amides is 1. The molecule has 4 nitrogen and oxygen atoms in total. The minimum Gasteiger partial charge on any atom is -0.342 e. The van der Waals surface area contributed by atoms with Gasteiger partial charge in [0.15, 0.2) is 0 Å². The second-order valence-electron chi connectivity index (χ2n) is 8.00. The Morgan fingerprint density at radius 3 is 2.75 bits per heavy atom. The summed E-state index contributed by atoms with van der Waals surface area (Å²) in [6.45, 7) is 6.20. The number of likely N-dealkylation sites (tertiary alicyclic amines) is 1. The average molecular weight is 350 g/mol. The van der Waals surface area contributed by atoms with Crippen LogP contribution >= 0.6 is 11.3 Å². The number of carbonyl (C=O) groups excluding carboxylic acids is 1. The van der Waals surface area contributed by atoms with E-state index < -0.39 is 0 Å². The molecule has 1 atom stereocenters. The van der Waals surface area contributed by atoms with Crippen LogP contribution < -0.4 is 0 Å². The number of nitrogens with zero attached hydrogens (tertiary/aromatic N) is 3. The summed E-state index contributed by atoms with van der Waals surface area (Å²) in [5.41, 5.74) is 0. The van der Waals surface area contributed by atoms with E-state index in [1.54, 1.807) is 11.3 Å². The third-order valence-electron chi connectivity index (χ3n) is 5.43. The molecule has 1 aliphatic heterocycles. The lowest BCUT2D eigenvalue weighted by atomic mass is 9.97. The fraction of sp³-hybridized carbons (Fsp3) is 0.842. The van der Waals surface area contributed by atoms with Crippen molar-refractivity contribution in [2.24, 2.45) is 11.8 Å². The third-order valence-corrected chi connectivity index (χ3v) is 6.54. The quantitative estimate of drug-likeness (QED) is 0.764. The number of carbonyl (C=O) groups is 1. The minimum absolute atomic E-state index is 0.360. The molecule has 134 valence electrons. The molecule has 2 heterocycles. The smallest absolute Gasteiger partial charge is 0.222 e. The van der Waals surface area contributed by atoms with Gasteiger partial charge in [-0.2, -0.15) is 0 Å². The summed E-state index contributed by atoms with van der Waals surface area (Å²) in [5, 5.41) is 11.1. The van der Waals surface area contributed by atoms with Gasteiger partial charge in [0.1, 0.15) is 10.0 Å². The maximum absolute atomic E-state index is 12.6. The predicted octanol–water partition coefficient (Wildman–Crippen LogP) is 4.41. The van der Waals surface area contributed by atoms with E-state index in [0.717, 1.165) is 61.1 Å². The first-order valence-corrected chi connectivity index (χ1v) is 10.5. The number of hydrogen-bond acceptors (Lipinski definition) is 4. The van der Waals surface area contributed by atoms with Crippen molar-refractivity contribution in [1.29, 1.82) is 0 Å². The molecular weight excluding hydrogens is 318 g/mol. The third kappa shape index (κ3) is 4.78. The van der Waals surface area contributed by atoms with Crippen LogP contribution in [0.4, 0.5) is 0 Å². The molecule has 1 aliphatic carbocycles. The molecular formula is C19H31N3OS. The Labute approximate surface area is 150 Å². The van der Waals surface area contributed by atoms with Gasteiger partial charge in [-0.1, -0.05) is 39.5 Å². The van der Waals surface area contributed by atoms with E-state index >= 15 is 0 Å². The van der Waals surface area contributed by atoms with Gasteiger partial charge in [-0.25, -0.2) is 0 Å². The maximum atomic E-state index is 12.6. The summed E-state index contributed by atoms with van der Waals surface area (Å²) in [7, 11) is 0. The van der Waals surface area contributed by atoms with E-state index in [4.69, 9.17) is 0 Å². The van der Waals surface area contributed by atoms with Crippen molar-refractivity contribution in [3.63, 3.8) is 0 Å². The molecule has 2 aliphatic rings. The molecule has 2 fully saturated rings. The minimum atomic E-state index is 0.360. The van der Waals surface area contributed by atoms with Crippen molar-refractivity contribution in [3.05, 3.63) is 10.0 Å². The molecule has 0 aromatic carbocycles. The van der Waals surface area contributed by atoms with E-state index in [0.29, 0.717) is 17.7 Å². The first-order valence-electron chi connectivity index (χ1n) is 9.72. The molecule has 1 unspecified atom stereocenters. The molecule has 24 heavy (non-hydrogen) atoms. The predicted molar refractivity (Wildman–Crippen MR) is 98.2 cm³/mol. The van der Waals surface area contributed by atoms with Crippen LogP contribution in [0.15, 0.2) is 0 Å². The van der Waals surface area contributed by atoms with Crippen molar-refractivity contribution in [3.8, 4) is 0 Å². The molecule has 0 N–H and O–H groups in total. The Bertz CT molecular complexity index is 536. The first-order chi connectivity index (χ1) is 11.6. The summed E-state index contributed by atoms with van der Waals surface area (Å²) >= 11 is 1.76. The Morgan fingerprint density at radius 2 is 2.00 bits per heavy atom. The monoisotopic (exact) mass is 349 g/mol. The summed E-state index contributed by atoms with van der Waals surface area (Å²) < 4.78 is 0. The standard InChI is InChI=1S/C19H31N3OS/c1-14(2)12-17-20-21-19(24-17)16-8-5-11-22(13-16)18(23)10-9-15-6-3-4-7-15/h14-16H,3-13H2,1-2H3. The van der Waals surface area contributed by atoms with Gasteiger partial charge in [-0.15, -0.1) is 21.5 Å². The van der Waals surface area contributed by atoms with Crippen LogP contribution in [0.2, 0.25) is 0 Å². The van der Waals surface area contributed by atoms with Crippen molar-refractivity contribution >= 4 is 17.2 Å². The number of piperidine rings is 1. The molecule has 0 bridgehead atoms. The van der Waals surface area contributed by atoms with Gasteiger partial charge in [0, 0.05) is 31.8 Å². The molecule has 1 amide bonds. The molecule has 1 saturated heterocycles.